The molecule has 35 valence electrons. The first-order valence-electron chi connectivity index (χ1n) is 1.90. The maximum absolute atomic E-state index is 4.86. The van der Waals surface area contributed by atoms with Crippen LogP contribution in [0.4, 0.5) is 0 Å². The average Bonchev–Trinajstić information content (AvgIpc) is 1.86. The fourth-order valence-corrected chi connectivity index (χ4v) is 0.616. The maximum Gasteiger partial charge on any atom is 0.166 e. The highest BCUT2D eigenvalue weighted by atomic mass is 32.1. The van der Waals surface area contributed by atoms with E-state index in [-0.39, 0.29) is 5.56 Å². The van der Waals surface area contributed by atoms with Gasteiger partial charge in [-0.2, -0.15) is 0 Å². The van der Waals surface area contributed by atoms with Crippen molar-refractivity contribution in [2.75, 3.05) is 13.2 Å². The maximum atomic E-state index is 4.86. The van der Waals surface area contributed by atoms with Gasteiger partial charge in [-0.25, -0.2) is 0 Å². The number of ether oxygens (including phenoxy) is 1. The second kappa shape index (κ2) is 1.82. The number of nitrogens with one attached hydrogen (secondary N) is 1. The highest BCUT2D eigenvalue weighted by Crippen LogP contribution is 1.96. The molecule has 1 rings (SSSR count). The van der Waals surface area contributed by atoms with Crippen molar-refractivity contribution >= 4 is 12.6 Å². The molecule has 1 radical (unpaired) electrons. The van der Waals surface area contributed by atoms with Gasteiger partial charge < -0.3 is 4.74 Å². The minimum Gasteiger partial charge on any atom is -0.352 e. The van der Waals surface area contributed by atoms with Gasteiger partial charge in [0.25, 0.3) is 0 Å². The third-order valence-electron chi connectivity index (χ3n) is 0.682. The third kappa shape index (κ3) is 0.864. The van der Waals surface area contributed by atoms with E-state index >= 15 is 0 Å². The molecule has 0 aromatic rings. The summed E-state index contributed by atoms with van der Waals surface area (Å²) in [6.45, 7) is 1.68. The highest BCUT2D eigenvalue weighted by Gasteiger charge is 2.07. The molecule has 1 aliphatic heterocycles. The van der Waals surface area contributed by atoms with Crippen LogP contribution in [0.15, 0.2) is 0 Å². The largest absolute Gasteiger partial charge is 0.352 e. The Morgan fingerprint density at radius 1 is 1.83 bits per heavy atom. The Morgan fingerprint density at radius 3 is 2.83 bits per heavy atom. The smallest absolute Gasteiger partial charge is 0.166 e. The standard InChI is InChI=1S/C3H6NOS/c6-3-4-1-2-5-3/h3-4H,1-2H2. The molecule has 0 bridgehead atoms. The van der Waals surface area contributed by atoms with Gasteiger partial charge in [0, 0.05) is 6.54 Å². The zero-order valence-electron chi connectivity index (χ0n) is 3.31. The van der Waals surface area contributed by atoms with Gasteiger partial charge in [0.2, 0.25) is 0 Å². The van der Waals surface area contributed by atoms with E-state index in [0.29, 0.717) is 0 Å². The van der Waals surface area contributed by atoms with Crippen molar-refractivity contribution in [3.63, 3.8) is 0 Å². The molecule has 0 saturated carbocycles. The predicted molar refractivity (Wildman–Crippen MR) is 25.3 cm³/mol. The van der Waals surface area contributed by atoms with Crippen LogP contribution in [-0.4, -0.2) is 18.7 Å². The molecule has 0 aromatic heterocycles. The normalized spacial score (nSPS) is 34.5. The van der Waals surface area contributed by atoms with Crippen molar-refractivity contribution in [1.82, 2.24) is 5.32 Å². The topological polar surface area (TPSA) is 21.3 Å². The Morgan fingerprint density at radius 2 is 2.67 bits per heavy atom. The van der Waals surface area contributed by atoms with Gasteiger partial charge >= 0.3 is 0 Å². The van der Waals surface area contributed by atoms with Crippen LogP contribution in [0.1, 0.15) is 0 Å². The Balaban J connectivity index is 2.18. The van der Waals surface area contributed by atoms with Gasteiger partial charge in [-0.15, -0.1) is 0 Å². The first-order valence-corrected chi connectivity index (χ1v) is 2.37. The first kappa shape index (κ1) is 4.43. The molecule has 1 saturated heterocycles. The van der Waals surface area contributed by atoms with Crippen LogP contribution in [0, 0.1) is 0 Å². The minimum atomic E-state index is -0.120. The lowest BCUT2D eigenvalue weighted by molar-refractivity contribution is 0.170. The van der Waals surface area contributed by atoms with Gasteiger partial charge in [0.05, 0.1) is 6.61 Å². The summed E-state index contributed by atoms with van der Waals surface area (Å²) >= 11 is 4.67. The summed E-state index contributed by atoms with van der Waals surface area (Å²) in [7, 11) is 0. The lowest BCUT2D eigenvalue weighted by atomic mass is 10.7. The Kier molecular flexibility index (Phi) is 1.34. The summed E-state index contributed by atoms with van der Waals surface area (Å²) < 4.78 is 4.86. The minimum absolute atomic E-state index is 0.120. The molecule has 6 heavy (non-hydrogen) atoms. The molecular weight excluding hydrogens is 98.1 g/mol. The first-order chi connectivity index (χ1) is 2.89. The second-order valence-corrected chi connectivity index (χ2v) is 1.58. The van der Waals surface area contributed by atoms with E-state index in [9.17, 15) is 0 Å². The second-order valence-electron chi connectivity index (χ2n) is 1.16. The van der Waals surface area contributed by atoms with Crippen LogP contribution >= 0.6 is 12.6 Å². The van der Waals surface area contributed by atoms with Gasteiger partial charge in [-0.05, 0) is 12.6 Å². The molecule has 1 heterocycles. The molecule has 0 aromatic carbocycles. The fourth-order valence-electron chi connectivity index (χ4n) is 0.402. The number of hydrogen-bond donors (Lipinski definition) is 1. The Labute approximate surface area is 42.3 Å². The van der Waals surface area contributed by atoms with Crippen LogP contribution in [0.2, 0.25) is 0 Å². The fraction of sp³-hybridized carbons (Fsp3) is 1.00. The number of hydrogen-bond acceptors (Lipinski definition) is 2. The number of rotatable bonds is 0. The van der Waals surface area contributed by atoms with Crippen molar-refractivity contribution in [1.29, 1.82) is 0 Å². The van der Waals surface area contributed by atoms with E-state index in [1.54, 1.807) is 0 Å². The summed E-state index contributed by atoms with van der Waals surface area (Å²) in [6.07, 6.45) is 0. The SMILES string of the molecule is [S]C1NCCO1. The van der Waals surface area contributed by atoms with Crippen LogP contribution in [0.5, 0.6) is 0 Å². The van der Waals surface area contributed by atoms with E-state index in [1.165, 1.54) is 0 Å². The summed E-state index contributed by atoms with van der Waals surface area (Å²) in [5.74, 6) is 0. The van der Waals surface area contributed by atoms with Crippen molar-refractivity contribution in [2.24, 2.45) is 0 Å². The van der Waals surface area contributed by atoms with Crippen LogP contribution < -0.4 is 5.32 Å². The van der Waals surface area contributed by atoms with Crippen molar-refractivity contribution in [3.8, 4) is 0 Å². The van der Waals surface area contributed by atoms with Crippen molar-refractivity contribution in [3.05, 3.63) is 0 Å². The molecule has 1 aliphatic rings. The molecular formula is C3H6NOS. The molecule has 2 nitrogen and oxygen atoms in total. The van der Waals surface area contributed by atoms with Crippen LogP contribution in [0.25, 0.3) is 0 Å². The van der Waals surface area contributed by atoms with Gasteiger partial charge in [-0.3, -0.25) is 5.32 Å². The summed E-state index contributed by atoms with van der Waals surface area (Å²) in [4.78, 5) is 0. The van der Waals surface area contributed by atoms with Gasteiger partial charge in [-0.1, -0.05) is 0 Å². The van der Waals surface area contributed by atoms with Gasteiger partial charge in [0.1, 0.15) is 0 Å². The van der Waals surface area contributed by atoms with E-state index in [4.69, 9.17) is 4.74 Å². The van der Waals surface area contributed by atoms with Crippen LogP contribution in [0.3, 0.4) is 0 Å². The van der Waals surface area contributed by atoms with E-state index in [0.717, 1.165) is 13.2 Å². The molecule has 3 heteroatoms. The predicted octanol–water partition coefficient (Wildman–Crippen LogP) is 0.0873. The van der Waals surface area contributed by atoms with Crippen LogP contribution in [-0.2, 0) is 4.74 Å². The lowest BCUT2D eigenvalue weighted by Crippen LogP contribution is -2.14. The van der Waals surface area contributed by atoms with Gasteiger partial charge in [0.15, 0.2) is 5.56 Å². The zero-order valence-corrected chi connectivity index (χ0v) is 4.12. The molecule has 0 spiro atoms. The average molecular weight is 104 g/mol. The third-order valence-corrected chi connectivity index (χ3v) is 0.985. The monoisotopic (exact) mass is 104 g/mol. The molecule has 1 atom stereocenters. The molecule has 1 fully saturated rings. The molecule has 1 unspecified atom stereocenters. The Hall–Kier alpha value is 0.270. The quantitative estimate of drug-likeness (QED) is 0.470. The highest BCUT2D eigenvalue weighted by molar-refractivity contribution is 7.80. The molecule has 0 aliphatic carbocycles. The molecule has 0 amide bonds. The van der Waals surface area contributed by atoms with E-state index < -0.39 is 0 Å². The zero-order chi connectivity index (χ0) is 4.41. The van der Waals surface area contributed by atoms with Crippen molar-refractivity contribution in [2.45, 2.75) is 5.56 Å². The summed E-state index contributed by atoms with van der Waals surface area (Å²) in [5, 5.41) is 2.91. The lowest BCUT2D eigenvalue weighted by Gasteiger charge is -1.93. The Bertz CT molecular complexity index is 44.1. The van der Waals surface area contributed by atoms with E-state index in [2.05, 4.69) is 17.9 Å². The van der Waals surface area contributed by atoms with E-state index in [1.807, 2.05) is 0 Å². The summed E-state index contributed by atoms with van der Waals surface area (Å²) in [5.41, 5.74) is -0.120. The summed E-state index contributed by atoms with van der Waals surface area (Å²) in [6, 6.07) is 0. The van der Waals surface area contributed by atoms with Crippen molar-refractivity contribution < 1.29 is 4.74 Å². The molecule has 1 N–H and O–H groups in total.